The van der Waals surface area contributed by atoms with Gasteiger partial charge in [0.15, 0.2) is 0 Å². The molecule has 2 rings (SSSR count). The van der Waals surface area contributed by atoms with Crippen molar-refractivity contribution >= 4 is 24.0 Å². The summed E-state index contributed by atoms with van der Waals surface area (Å²) in [6.45, 7) is 0.105. The van der Waals surface area contributed by atoms with Crippen LogP contribution < -0.4 is 5.32 Å². The molecule has 2 aromatic rings. The van der Waals surface area contributed by atoms with Crippen LogP contribution in [0.3, 0.4) is 0 Å². The molecule has 0 radical (unpaired) electrons. The van der Waals surface area contributed by atoms with Crippen LogP contribution in [0.1, 0.15) is 12.0 Å². The largest absolute Gasteiger partial charge is 0.507 e. The molecule has 29 heavy (non-hydrogen) atoms. The minimum absolute atomic E-state index is 0.0267. The van der Waals surface area contributed by atoms with Crippen molar-refractivity contribution in [3.8, 4) is 0 Å². The number of carbonyl (C=O) groups excluding carboxylic acids is 2. The van der Waals surface area contributed by atoms with E-state index >= 15 is 0 Å². The molecule has 0 spiro atoms. The maximum absolute atomic E-state index is 12.2. The third-order valence-electron chi connectivity index (χ3n) is 3.95. The molecule has 0 aliphatic heterocycles. The van der Waals surface area contributed by atoms with Crippen LogP contribution in [0.25, 0.3) is 0 Å². The van der Waals surface area contributed by atoms with Crippen LogP contribution in [-0.2, 0) is 20.8 Å². The van der Waals surface area contributed by atoms with E-state index in [1.54, 1.807) is 0 Å². The maximum Gasteiger partial charge on any atom is 0.507 e. The number of ether oxygens (including phenoxy) is 3. The van der Waals surface area contributed by atoms with E-state index in [1.807, 2.05) is 60.7 Å². The fourth-order valence-electron chi connectivity index (χ4n) is 2.39. The van der Waals surface area contributed by atoms with Crippen molar-refractivity contribution in [2.75, 3.05) is 19.5 Å². The Hall–Kier alpha value is -2.71. The van der Waals surface area contributed by atoms with Crippen LogP contribution in [0.15, 0.2) is 65.6 Å². The highest BCUT2D eigenvalue weighted by Gasteiger charge is 2.23. The molecule has 2 atom stereocenters. The highest BCUT2D eigenvalue weighted by molar-refractivity contribution is 7.99. The molecular weight excluding hydrogens is 394 g/mol. The smallest absolute Gasteiger partial charge is 0.445 e. The Morgan fingerprint density at radius 3 is 2.34 bits per heavy atom. The molecule has 2 aromatic carbocycles. The number of rotatable bonds is 10. The van der Waals surface area contributed by atoms with Gasteiger partial charge in [-0.25, -0.2) is 9.59 Å². The van der Waals surface area contributed by atoms with Gasteiger partial charge in [0.25, 0.3) is 0 Å². The fraction of sp³-hybridized carbons (Fsp3) is 0.333. The Kier molecular flexibility index (Phi) is 9.88. The second-order valence-electron chi connectivity index (χ2n) is 6.10. The second kappa shape index (κ2) is 12.7. The Morgan fingerprint density at radius 1 is 1.03 bits per heavy atom. The molecule has 0 heterocycles. The number of thioether (sulfide) groups is 1. The summed E-state index contributed by atoms with van der Waals surface area (Å²) in [5.41, 5.74) is 0.866. The highest BCUT2D eigenvalue weighted by atomic mass is 32.2. The number of alkyl carbamates (subject to hydrolysis) is 1. The zero-order valence-electron chi connectivity index (χ0n) is 16.2. The zero-order chi connectivity index (χ0) is 20.9. The molecule has 1 amide bonds. The van der Waals surface area contributed by atoms with Gasteiger partial charge < -0.3 is 24.6 Å². The van der Waals surface area contributed by atoms with Crippen molar-refractivity contribution in [1.82, 2.24) is 5.32 Å². The Morgan fingerprint density at radius 2 is 1.69 bits per heavy atom. The third kappa shape index (κ3) is 8.89. The summed E-state index contributed by atoms with van der Waals surface area (Å²) in [6.07, 6.45) is -2.23. The lowest BCUT2D eigenvalue weighted by Gasteiger charge is -2.23. The van der Waals surface area contributed by atoms with E-state index in [4.69, 9.17) is 9.47 Å². The van der Waals surface area contributed by atoms with Crippen LogP contribution in [0.4, 0.5) is 9.59 Å². The average molecular weight is 419 g/mol. The van der Waals surface area contributed by atoms with Gasteiger partial charge in [-0.2, -0.15) is 0 Å². The van der Waals surface area contributed by atoms with Crippen molar-refractivity contribution in [3.63, 3.8) is 0 Å². The first-order valence-corrected chi connectivity index (χ1v) is 10.1. The Balaban J connectivity index is 1.89. The molecular formula is C21H25NO6S. The van der Waals surface area contributed by atoms with E-state index in [1.165, 1.54) is 18.9 Å². The van der Waals surface area contributed by atoms with Crippen molar-refractivity contribution in [2.24, 2.45) is 0 Å². The van der Waals surface area contributed by atoms with E-state index in [0.717, 1.165) is 10.5 Å². The van der Waals surface area contributed by atoms with Gasteiger partial charge in [-0.15, -0.1) is 11.8 Å². The summed E-state index contributed by atoms with van der Waals surface area (Å²) >= 11 is 1.49. The van der Waals surface area contributed by atoms with Gasteiger partial charge in [-0.1, -0.05) is 48.5 Å². The quantitative estimate of drug-likeness (QED) is 0.449. The third-order valence-corrected chi connectivity index (χ3v) is 5.08. The Labute approximate surface area is 174 Å². The summed E-state index contributed by atoms with van der Waals surface area (Å²) < 4.78 is 14.5. The number of hydrogen-bond donors (Lipinski definition) is 2. The normalized spacial score (nSPS) is 12.5. The van der Waals surface area contributed by atoms with Crippen LogP contribution in [-0.4, -0.2) is 49.0 Å². The van der Waals surface area contributed by atoms with Gasteiger partial charge >= 0.3 is 12.2 Å². The van der Waals surface area contributed by atoms with Crippen molar-refractivity contribution in [3.05, 3.63) is 66.2 Å². The van der Waals surface area contributed by atoms with E-state index < -0.39 is 24.4 Å². The SMILES string of the molecule is COC(=O)OCCC(O)C(CSc1ccccc1)NC(=O)OCc1ccccc1. The van der Waals surface area contributed by atoms with E-state index in [-0.39, 0.29) is 19.6 Å². The molecule has 0 saturated carbocycles. The van der Waals surface area contributed by atoms with E-state index in [9.17, 15) is 14.7 Å². The molecule has 8 heteroatoms. The number of hydrogen-bond acceptors (Lipinski definition) is 7. The molecule has 0 bridgehead atoms. The summed E-state index contributed by atoms with van der Waals surface area (Å²) in [6, 6.07) is 18.4. The maximum atomic E-state index is 12.2. The standard InChI is InChI=1S/C21H25NO6S/c1-26-21(25)27-13-12-19(23)18(15-29-17-10-6-3-7-11-17)22-20(24)28-14-16-8-4-2-5-9-16/h2-11,18-19,23H,12-15H2,1H3,(H,22,24). The van der Waals surface area contributed by atoms with Crippen LogP contribution in [0, 0.1) is 0 Å². The molecule has 0 aromatic heterocycles. The lowest BCUT2D eigenvalue weighted by molar-refractivity contribution is 0.0487. The molecule has 0 saturated heterocycles. The topological polar surface area (TPSA) is 94.1 Å². The summed E-state index contributed by atoms with van der Waals surface area (Å²) in [7, 11) is 1.21. The predicted molar refractivity (Wildman–Crippen MR) is 110 cm³/mol. The summed E-state index contributed by atoms with van der Waals surface area (Å²) in [5, 5.41) is 13.2. The molecule has 0 aliphatic carbocycles. The summed E-state index contributed by atoms with van der Waals surface area (Å²) in [5.74, 6) is 0.420. The molecule has 2 N–H and O–H groups in total. The van der Waals surface area contributed by atoms with E-state index in [0.29, 0.717) is 5.75 Å². The minimum atomic E-state index is -0.930. The monoisotopic (exact) mass is 419 g/mol. The van der Waals surface area contributed by atoms with Gasteiger partial charge in [0.1, 0.15) is 6.61 Å². The molecule has 7 nitrogen and oxygen atoms in total. The molecule has 2 unspecified atom stereocenters. The van der Waals surface area contributed by atoms with Gasteiger partial charge in [-0.05, 0) is 17.7 Å². The number of carbonyl (C=O) groups is 2. The minimum Gasteiger partial charge on any atom is -0.445 e. The van der Waals surface area contributed by atoms with Crippen LogP contribution in [0.2, 0.25) is 0 Å². The van der Waals surface area contributed by atoms with Gasteiger partial charge in [0.2, 0.25) is 0 Å². The fourth-order valence-corrected chi connectivity index (χ4v) is 3.42. The van der Waals surface area contributed by atoms with Crippen LogP contribution in [0.5, 0.6) is 0 Å². The first-order chi connectivity index (χ1) is 14.1. The number of nitrogens with one attached hydrogen (secondary N) is 1. The number of amides is 1. The number of aliphatic hydroxyl groups excluding tert-OH is 1. The predicted octanol–water partition coefficient (Wildman–Crippen LogP) is 3.61. The van der Waals surface area contributed by atoms with Crippen molar-refractivity contribution in [1.29, 1.82) is 0 Å². The van der Waals surface area contributed by atoms with Gasteiger partial charge in [0.05, 0.1) is 25.9 Å². The number of aliphatic hydroxyl groups is 1. The summed E-state index contributed by atoms with van der Waals surface area (Å²) in [4.78, 5) is 24.3. The Bertz CT molecular complexity index is 743. The van der Waals surface area contributed by atoms with Gasteiger partial charge in [0, 0.05) is 17.1 Å². The molecule has 0 fully saturated rings. The second-order valence-corrected chi connectivity index (χ2v) is 7.19. The molecule has 156 valence electrons. The van der Waals surface area contributed by atoms with Crippen molar-refractivity contribution in [2.45, 2.75) is 30.1 Å². The first kappa shape index (κ1) is 22.6. The number of benzene rings is 2. The highest BCUT2D eigenvalue weighted by Crippen LogP contribution is 2.20. The van der Waals surface area contributed by atoms with Crippen molar-refractivity contribution < 1.29 is 28.9 Å². The first-order valence-electron chi connectivity index (χ1n) is 9.12. The average Bonchev–Trinajstić information content (AvgIpc) is 2.76. The van der Waals surface area contributed by atoms with E-state index in [2.05, 4.69) is 10.1 Å². The molecule has 0 aliphatic rings. The lowest BCUT2D eigenvalue weighted by atomic mass is 10.1. The van der Waals surface area contributed by atoms with Crippen LogP contribution >= 0.6 is 11.8 Å². The van der Waals surface area contributed by atoms with Gasteiger partial charge in [-0.3, -0.25) is 0 Å². The zero-order valence-corrected chi connectivity index (χ0v) is 17.0. The number of methoxy groups -OCH3 is 1. The lowest BCUT2D eigenvalue weighted by Crippen LogP contribution is -2.45.